The van der Waals surface area contributed by atoms with Crippen LogP contribution in [0.4, 0.5) is 4.39 Å². The van der Waals surface area contributed by atoms with Crippen LogP contribution in [0.3, 0.4) is 0 Å². The maximum Gasteiger partial charge on any atom is 0.330 e. The van der Waals surface area contributed by atoms with Gasteiger partial charge in [-0.3, -0.25) is 19.3 Å². The predicted molar refractivity (Wildman–Crippen MR) is 109 cm³/mol. The van der Waals surface area contributed by atoms with E-state index in [0.29, 0.717) is 5.56 Å². The molecule has 1 heterocycles. The summed E-state index contributed by atoms with van der Waals surface area (Å²) in [6.07, 6.45) is 0. The smallest absolute Gasteiger partial charge is 0.330 e. The van der Waals surface area contributed by atoms with Crippen molar-refractivity contribution in [1.82, 2.24) is 9.80 Å². The standard InChI is InChI=1S/C23H23FN2O5/c1-14(2)20(26-21(28)16-9-5-6-10-17(16)22(26)29)23(30)31-13-19(27)25(3)12-15-8-4-7-11-18(15)24/h4-11,14,20H,12-13H2,1-3H3/t20-/m0/s1. The van der Waals surface area contributed by atoms with Gasteiger partial charge < -0.3 is 9.64 Å². The van der Waals surface area contributed by atoms with Gasteiger partial charge in [-0.25, -0.2) is 9.18 Å². The lowest BCUT2D eigenvalue weighted by Crippen LogP contribution is -2.49. The largest absolute Gasteiger partial charge is 0.454 e. The minimum Gasteiger partial charge on any atom is -0.454 e. The SMILES string of the molecule is CC(C)[C@@H](C(=O)OCC(=O)N(C)Cc1ccccc1F)N1C(=O)c2ccccc2C1=O. The molecule has 8 heteroatoms. The van der Waals surface area contributed by atoms with Gasteiger partial charge in [0.1, 0.15) is 11.9 Å². The number of benzene rings is 2. The number of halogens is 1. The van der Waals surface area contributed by atoms with Crippen molar-refractivity contribution < 1.29 is 28.3 Å². The van der Waals surface area contributed by atoms with E-state index in [9.17, 15) is 23.6 Å². The molecule has 0 fully saturated rings. The fraction of sp³-hybridized carbons (Fsp3) is 0.304. The zero-order chi connectivity index (χ0) is 22.7. The molecule has 0 unspecified atom stereocenters. The maximum absolute atomic E-state index is 13.8. The molecule has 1 atom stereocenters. The summed E-state index contributed by atoms with van der Waals surface area (Å²) in [5, 5.41) is 0. The van der Waals surface area contributed by atoms with Crippen LogP contribution in [0, 0.1) is 11.7 Å². The van der Waals surface area contributed by atoms with Gasteiger partial charge in [-0.15, -0.1) is 0 Å². The average Bonchev–Trinajstić information content (AvgIpc) is 2.99. The van der Waals surface area contributed by atoms with Crippen molar-refractivity contribution in [3.05, 3.63) is 71.0 Å². The van der Waals surface area contributed by atoms with Crippen molar-refractivity contribution in [2.45, 2.75) is 26.4 Å². The van der Waals surface area contributed by atoms with Crippen molar-refractivity contribution in [2.75, 3.05) is 13.7 Å². The molecule has 1 aliphatic rings. The van der Waals surface area contributed by atoms with Crippen LogP contribution < -0.4 is 0 Å². The first kappa shape index (κ1) is 22.1. The fourth-order valence-corrected chi connectivity index (χ4v) is 3.43. The number of esters is 1. The first-order valence-electron chi connectivity index (χ1n) is 9.83. The van der Waals surface area contributed by atoms with Gasteiger partial charge in [0.05, 0.1) is 11.1 Å². The molecular formula is C23H23FN2O5. The summed E-state index contributed by atoms with van der Waals surface area (Å²) in [5.74, 6) is -3.40. The number of likely N-dealkylation sites (N-methyl/N-ethyl adjacent to an activating group) is 1. The third-order valence-corrected chi connectivity index (χ3v) is 5.11. The molecule has 0 bridgehead atoms. The van der Waals surface area contributed by atoms with Crippen LogP contribution >= 0.6 is 0 Å². The van der Waals surface area contributed by atoms with E-state index in [-0.39, 0.29) is 17.7 Å². The second-order valence-corrected chi connectivity index (χ2v) is 7.66. The molecule has 162 valence electrons. The number of nitrogens with zero attached hydrogens (tertiary/aromatic N) is 2. The van der Waals surface area contributed by atoms with E-state index in [2.05, 4.69) is 0 Å². The quantitative estimate of drug-likeness (QED) is 0.502. The summed E-state index contributed by atoms with van der Waals surface area (Å²) >= 11 is 0. The second kappa shape index (κ2) is 9.07. The molecule has 2 aromatic rings. The number of hydrogen-bond acceptors (Lipinski definition) is 5. The van der Waals surface area contributed by atoms with Gasteiger partial charge in [0.15, 0.2) is 6.61 Å². The molecule has 3 amide bonds. The summed E-state index contributed by atoms with van der Waals surface area (Å²) < 4.78 is 18.9. The van der Waals surface area contributed by atoms with E-state index < -0.39 is 48.1 Å². The van der Waals surface area contributed by atoms with Crippen LogP contribution in [0.15, 0.2) is 48.5 Å². The van der Waals surface area contributed by atoms with Crippen molar-refractivity contribution in [1.29, 1.82) is 0 Å². The van der Waals surface area contributed by atoms with Gasteiger partial charge in [0.25, 0.3) is 17.7 Å². The monoisotopic (exact) mass is 426 g/mol. The number of amides is 3. The second-order valence-electron chi connectivity index (χ2n) is 7.66. The Kier molecular flexibility index (Phi) is 6.48. The van der Waals surface area contributed by atoms with E-state index >= 15 is 0 Å². The van der Waals surface area contributed by atoms with Crippen LogP contribution in [0.5, 0.6) is 0 Å². The summed E-state index contributed by atoms with van der Waals surface area (Å²) in [7, 11) is 1.46. The highest BCUT2D eigenvalue weighted by atomic mass is 19.1. The van der Waals surface area contributed by atoms with Crippen LogP contribution in [0.1, 0.15) is 40.1 Å². The lowest BCUT2D eigenvalue weighted by molar-refractivity contribution is -0.156. The van der Waals surface area contributed by atoms with Gasteiger partial charge in [-0.05, 0) is 24.1 Å². The number of carbonyl (C=O) groups excluding carboxylic acids is 4. The summed E-state index contributed by atoms with van der Waals surface area (Å²) in [6, 6.07) is 11.2. The third-order valence-electron chi connectivity index (χ3n) is 5.11. The molecule has 3 rings (SSSR count). The first-order chi connectivity index (χ1) is 14.7. The Morgan fingerprint density at radius 3 is 2.10 bits per heavy atom. The molecule has 0 saturated carbocycles. The number of rotatable bonds is 7. The zero-order valence-corrected chi connectivity index (χ0v) is 17.5. The molecule has 0 aliphatic carbocycles. The highest BCUT2D eigenvalue weighted by Gasteiger charge is 2.44. The molecule has 0 N–H and O–H groups in total. The minimum atomic E-state index is -1.17. The molecule has 31 heavy (non-hydrogen) atoms. The molecule has 0 saturated heterocycles. The third kappa shape index (κ3) is 4.47. The topological polar surface area (TPSA) is 84.0 Å². The summed E-state index contributed by atoms with van der Waals surface area (Å²) in [6.45, 7) is 2.79. The molecule has 2 aromatic carbocycles. The lowest BCUT2D eigenvalue weighted by Gasteiger charge is -2.27. The molecule has 1 aliphatic heterocycles. The van der Waals surface area contributed by atoms with E-state index in [1.54, 1.807) is 44.2 Å². The number of carbonyl (C=O) groups is 4. The predicted octanol–water partition coefficient (Wildman–Crippen LogP) is 2.65. The number of fused-ring (bicyclic) bond motifs is 1. The van der Waals surface area contributed by atoms with Gasteiger partial charge in [-0.1, -0.05) is 44.2 Å². The summed E-state index contributed by atoms with van der Waals surface area (Å²) in [5.41, 5.74) is 0.786. The van der Waals surface area contributed by atoms with Crippen molar-refractivity contribution in [3.8, 4) is 0 Å². The van der Waals surface area contributed by atoms with Gasteiger partial charge in [0, 0.05) is 19.2 Å². The van der Waals surface area contributed by atoms with Crippen LogP contribution in [-0.4, -0.2) is 53.2 Å². The van der Waals surface area contributed by atoms with E-state index in [1.165, 1.54) is 30.1 Å². The molecular weight excluding hydrogens is 403 g/mol. The fourth-order valence-electron chi connectivity index (χ4n) is 3.43. The first-order valence-corrected chi connectivity index (χ1v) is 9.83. The Bertz CT molecular complexity index is 1000. The molecule has 0 spiro atoms. The highest BCUT2D eigenvalue weighted by Crippen LogP contribution is 2.27. The van der Waals surface area contributed by atoms with Gasteiger partial charge in [-0.2, -0.15) is 0 Å². The van der Waals surface area contributed by atoms with Crippen LogP contribution in [0.25, 0.3) is 0 Å². The van der Waals surface area contributed by atoms with E-state index in [4.69, 9.17) is 4.74 Å². The molecule has 7 nitrogen and oxygen atoms in total. The highest BCUT2D eigenvalue weighted by molar-refractivity contribution is 6.22. The molecule has 0 radical (unpaired) electrons. The molecule has 0 aromatic heterocycles. The normalized spacial score (nSPS) is 13.9. The Morgan fingerprint density at radius 2 is 1.55 bits per heavy atom. The van der Waals surface area contributed by atoms with Crippen LogP contribution in [0.2, 0.25) is 0 Å². The van der Waals surface area contributed by atoms with Crippen LogP contribution in [-0.2, 0) is 20.9 Å². The van der Waals surface area contributed by atoms with Crippen molar-refractivity contribution in [3.63, 3.8) is 0 Å². The average molecular weight is 426 g/mol. The Morgan fingerprint density at radius 1 is 1.00 bits per heavy atom. The Hall–Kier alpha value is -3.55. The van der Waals surface area contributed by atoms with E-state index in [0.717, 1.165) is 4.90 Å². The van der Waals surface area contributed by atoms with Gasteiger partial charge in [0.2, 0.25) is 0 Å². The van der Waals surface area contributed by atoms with Gasteiger partial charge >= 0.3 is 5.97 Å². The minimum absolute atomic E-state index is 0.00900. The Labute approximate surface area is 179 Å². The number of hydrogen-bond donors (Lipinski definition) is 0. The van der Waals surface area contributed by atoms with Crippen molar-refractivity contribution in [2.24, 2.45) is 5.92 Å². The number of imide groups is 1. The lowest BCUT2D eigenvalue weighted by atomic mass is 10.0. The maximum atomic E-state index is 13.8. The number of ether oxygens (including phenoxy) is 1. The van der Waals surface area contributed by atoms with E-state index in [1.807, 2.05) is 0 Å². The Balaban J connectivity index is 1.67. The zero-order valence-electron chi connectivity index (χ0n) is 17.5. The summed E-state index contributed by atoms with van der Waals surface area (Å²) in [4.78, 5) is 52.7. The van der Waals surface area contributed by atoms with Crippen molar-refractivity contribution >= 4 is 23.7 Å².